The minimum atomic E-state index is -1.45. The maximum atomic E-state index is 12.8. The van der Waals surface area contributed by atoms with Gasteiger partial charge in [0.2, 0.25) is 0 Å². The van der Waals surface area contributed by atoms with E-state index in [0.29, 0.717) is 22.3 Å². The molecule has 8 nitrogen and oxygen atoms in total. The predicted molar refractivity (Wildman–Crippen MR) is 104 cm³/mol. The number of carbonyl (C=O) groups excluding carboxylic acids is 1. The average Bonchev–Trinajstić information content (AvgIpc) is 2.99. The number of ether oxygens (including phenoxy) is 2. The molecule has 2 aliphatic heterocycles. The highest BCUT2D eigenvalue weighted by Gasteiger charge is 2.54. The van der Waals surface area contributed by atoms with Gasteiger partial charge in [-0.2, -0.15) is 0 Å². The van der Waals surface area contributed by atoms with Crippen molar-refractivity contribution in [2.45, 2.75) is 5.60 Å². The van der Waals surface area contributed by atoms with E-state index in [1.807, 2.05) is 0 Å². The Hall–Kier alpha value is -4.20. The predicted octanol–water partition coefficient (Wildman–Crippen LogP) is 3.16. The second-order valence-corrected chi connectivity index (χ2v) is 7.01. The zero-order chi connectivity index (χ0) is 21.0. The number of aliphatic carboxylic acids is 1. The Bertz CT molecular complexity index is 1240. The first-order chi connectivity index (χ1) is 14.4. The third-order valence-corrected chi connectivity index (χ3v) is 5.21. The summed E-state index contributed by atoms with van der Waals surface area (Å²) in [5.41, 5.74) is 0.541. The molecule has 2 aliphatic rings. The molecule has 4 N–H and O–H groups in total. The van der Waals surface area contributed by atoms with E-state index < -0.39 is 24.1 Å². The molecule has 0 saturated heterocycles. The van der Waals surface area contributed by atoms with Crippen LogP contribution in [-0.4, -0.2) is 33.8 Å². The van der Waals surface area contributed by atoms with Crippen molar-refractivity contribution in [2.24, 2.45) is 0 Å². The Morgan fingerprint density at radius 2 is 1.73 bits per heavy atom. The first-order valence-corrected chi connectivity index (χ1v) is 9.07. The number of nitrogens with one attached hydrogen (secondary N) is 1. The molecule has 0 aromatic heterocycles. The Balaban J connectivity index is 1.86. The lowest BCUT2D eigenvalue weighted by Crippen LogP contribution is -2.34. The van der Waals surface area contributed by atoms with E-state index in [1.54, 1.807) is 30.3 Å². The van der Waals surface area contributed by atoms with Crippen LogP contribution in [0.4, 0.5) is 5.69 Å². The van der Waals surface area contributed by atoms with Crippen LogP contribution in [0.15, 0.2) is 54.6 Å². The van der Waals surface area contributed by atoms with E-state index in [-0.39, 0.29) is 28.7 Å². The van der Waals surface area contributed by atoms with Gasteiger partial charge in [-0.05, 0) is 18.2 Å². The van der Waals surface area contributed by atoms with Crippen LogP contribution in [0, 0.1) is 0 Å². The maximum absolute atomic E-state index is 12.8. The Morgan fingerprint density at radius 1 is 0.967 bits per heavy atom. The molecule has 0 saturated carbocycles. The summed E-state index contributed by atoms with van der Waals surface area (Å²) < 4.78 is 11.9. The summed E-state index contributed by atoms with van der Waals surface area (Å²) in [6.07, 6.45) is 0. The van der Waals surface area contributed by atoms with Gasteiger partial charge in [-0.3, -0.25) is 4.79 Å². The van der Waals surface area contributed by atoms with Crippen LogP contribution < -0.4 is 10.1 Å². The van der Waals surface area contributed by atoms with Gasteiger partial charge in [0.1, 0.15) is 29.5 Å². The zero-order valence-electron chi connectivity index (χ0n) is 15.4. The number of anilines is 1. The van der Waals surface area contributed by atoms with Crippen LogP contribution in [0.2, 0.25) is 0 Å². The molecule has 1 unspecified atom stereocenters. The third kappa shape index (κ3) is 2.40. The highest BCUT2D eigenvalue weighted by atomic mass is 16.6. The second-order valence-electron chi connectivity index (χ2n) is 7.01. The topological polar surface area (TPSA) is 125 Å². The van der Waals surface area contributed by atoms with Gasteiger partial charge in [-0.25, -0.2) is 4.79 Å². The molecule has 0 radical (unpaired) electrons. The standard InChI is InChI=1S/C22H15NO7/c24-11-5-6-15-17(8-11)29-18-9-12(25)7-16(23-10-19(26)27)20(18)22(15)14-4-2-1-3-13(14)21(28)30-22/h1-9,23-25H,10H2,(H,26,27). The molecule has 0 amide bonds. The van der Waals surface area contributed by atoms with Crippen molar-refractivity contribution in [2.75, 3.05) is 11.9 Å². The largest absolute Gasteiger partial charge is 0.508 e. The number of phenols is 2. The number of carboxylic acid groups (broad SMARTS) is 1. The molecule has 8 heteroatoms. The van der Waals surface area contributed by atoms with Crippen LogP contribution in [-0.2, 0) is 15.1 Å². The number of hydrogen-bond acceptors (Lipinski definition) is 7. The molecule has 0 aliphatic carbocycles. The molecular weight excluding hydrogens is 390 g/mol. The van der Waals surface area contributed by atoms with Crippen molar-refractivity contribution in [1.82, 2.24) is 0 Å². The number of aromatic hydroxyl groups is 2. The van der Waals surface area contributed by atoms with Crippen LogP contribution in [0.5, 0.6) is 23.0 Å². The Labute approximate surface area is 169 Å². The van der Waals surface area contributed by atoms with Crippen LogP contribution in [0.1, 0.15) is 27.0 Å². The smallest absolute Gasteiger partial charge is 0.340 e. The van der Waals surface area contributed by atoms with Crippen molar-refractivity contribution in [3.8, 4) is 23.0 Å². The van der Waals surface area contributed by atoms with Crippen LogP contribution in [0.25, 0.3) is 0 Å². The molecule has 1 atom stereocenters. The molecule has 1 spiro atoms. The van der Waals surface area contributed by atoms with E-state index in [1.165, 1.54) is 24.3 Å². The summed E-state index contributed by atoms with van der Waals surface area (Å²) in [5, 5.41) is 32.0. The molecule has 150 valence electrons. The van der Waals surface area contributed by atoms with Crippen molar-refractivity contribution in [3.05, 3.63) is 76.9 Å². The molecule has 0 fully saturated rings. The molecule has 3 aromatic carbocycles. The molecule has 5 rings (SSSR count). The van der Waals surface area contributed by atoms with Gasteiger partial charge in [0.15, 0.2) is 5.60 Å². The lowest BCUT2D eigenvalue weighted by atomic mass is 9.77. The summed E-state index contributed by atoms with van der Waals surface area (Å²) in [4.78, 5) is 23.9. The third-order valence-electron chi connectivity index (χ3n) is 5.21. The lowest BCUT2D eigenvalue weighted by molar-refractivity contribution is -0.134. The number of hydrogen-bond donors (Lipinski definition) is 4. The van der Waals surface area contributed by atoms with Gasteiger partial charge in [0.05, 0.1) is 11.1 Å². The average molecular weight is 405 g/mol. The number of carbonyl (C=O) groups is 2. The maximum Gasteiger partial charge on any atom is 0.340 e. The second kappa shape index (κ2) is 6.15. The molecule has 0 bridgehead atoms. The molecule has 2 heterocycles. The summed E-state index contributed by atoms with van der Waals surface area (Å²) >= 11 is 0. The van der Waals surface area contributed by atoms with Gasteiger partial charge < -0.3 is 30.1 Å². The molecule has 30 heavy (non-hydrogen) atoms. The van der Waals surface area contributed by atoms with Gasteiger partial charge in [-0.1, -0.05) is 18.2 Å². The van der Waals surface area contributed by atoms with E-state index in [0.717, 1.165) is 0 Å². The highest BCUT2D eigenvalue weighted by molar-refractivity contribution is 5.97. The summed E-state index contributed by atoms with van der Waals surface area (Å²) in [5.74, 6) is -1.44. The highest BCUT2D eigenvalue weighted by Crippen LogP contribution is 2.59. The van der Waals surface area contributed by atoms with Crippen molar-refractivity contribution in [3.63, 3.8) is 0 Å². The first kappa shape index (κ1) is 17.9. The minimum Gasteiger partial charge on any atom is -0.508 e. The summed E-state index contributed by atoms with van der Waals surface area (Å²) in [7, 11) is 0. The van der Waals surface area contributed by atoms with E-state index >= 15 is 0 Å². The number of benzene rings is 3. The van der Waals surface area contributed by atoms with Crippen LogP contribution in [0.3, 0.4) is 0 Å². The normalized spacial score (nSPS) is 18.1. The first-order valence-electron chi connectivity index (χ1n) is 9.07. The number of rotatable bonds is 3. The molecule has 3 aromatic rings. The fraction of sp³-hybridized carbons (Fsp3) is 0.0909. The fourth-order valence-electron chi connectivity index (χ4n) is 4.10. The SMILES string of the molecule is O=C(O)CNc1cc(O)cc2c1C1(OC(=O)c3ccccc31)c1ccc(O)cc1O2. The number of esters is 1. The molecular formula is C22H15NO7. The fourth-order valence-corrected chi connectivity index (χ4v) is 4.10. The van der Waals surface area contributed by atoms with E-state index in [2.05, 4.69) is 5.32 Å². The number of fused-ring (bicyclic) bond motifs is 6. The number of carboxylic acids is 1. The minimum absolute atomic E-state index is 0.0469. The summed E-state index contributed by atoms with van der Waals surface area (Å²) in [6, 6.07) is 14.0. The zero-order valence-corrected chi connectivity index (χ0v) is 15.4. The van der Waals surface area contributed by atoms with E-state index in [4.69, 9.17) is 14.6 Å². The lowest BCUT2D eigenvalue weighted by Gasteiger charge is -2.37. The monoisotopic (exact) mass is 405 g/mol. The van der Waals surface area contributed by atoms with Crippen LogP contribution >= 0.6 is 0 Å². The Morgan fingerprint density at radius 3 is 2.53 bits per heavy atom. The van der Waals surface area contributed by atoms with Gasteiger partial charge in [0, 0.05) is 35.0 Å². The van der Waals surface area contributed by atoms with Gasteiger partial charge in [-0.15, -0.1) is 0 Å². The van der Waals surface area contributed by atoms with Crippen molar-refractivity contribution in [1.29, 1.82) is 0 Å². The van der Waals surface area contributed by atoms with E-state index in [9.17, 15) is 19.8 Å². The van der Waals surface area contributed by atoms with Crippen molar-refractivity contribution < 1.29 is 34.4 Å². The Kier molecular flexibility index (Phi) is 3.66. The quantitative estimate of drug-likeness (QED) is 0.490. The van der Waals surface area contributed by atoms with Gasteiger partial charge >= 0.3 is 11.9 Å². The van der Waals surface area contributed by atoms with Crippen molar-refractivity contribution >= 4 is 17.6 Å². The summed E-state index contributed by atoms with van der Waals surface area (Å²) in [6.45, 7) is -0.427. The van der Waals surface area contributed by atoms with Gasteiger partial charge in [0.25, 0.3) is 0 Å². The number of phenolic OH excluding ortho intramolecular Hbond substituents is 2.